The van der Waals surface area contributed by atoms with Crippen molar-refractivity contribution in [3.8, 4) is 17.0 Å². The van der Waals surface area contributed by atoms with Gasteiger partial charge in [-0.25, -0.2) is 9.78 Å². The fourth-order valence-corrected chi connectivity index (χ4v) is 4.58. The number of carbonyl (C=O) groups is 3. The number of urea groups is 1. The van der Waals surface area contributed by atoms with Crippen molar-refractivity contribution in [2.45, 2.75) is 32.2 Å². The van der Waals surface area contributed by atoms with Gasteiger partial charge in [0.15, 0.2) is 5.13 Å². The molecule has 9 heteroatoms. The lowest BCUT2D eigenvalue weighted by Crippen LogP contribution is -2.44. The fourth-order valence-electron chi connectivity index (χ4n) is 3.84. The van der Waals surface area contributed by atoms with E-state index in [2.05, 4.69) is 22.5 Å². The second-order valence-electron chi connectivity index (χ2n) is 7.91. The SMILES string of the molecule is CCCOc1ccc(-c2csc(NC(=O)CN3C(=O)NC(CC)(c4ccccc4)C3=O)n2)cc1. The molecule has 2 heterocycles. The van der Waals surface area contributed by atoms with Gasteiger partial charge in [-0.3, -0.25) is 14.5 Å². The molecule has 3 aromatic rings. The van der Waals surface area contributed by atoms with Crippen molar-refractivity contribution in [2.24, 2.45) is 0 Å². The van der Waals surface area contributed by atoms with Gasteiger partial charge in [0.1, 0.15) is 17.8 Å². The first-order chi connectivity index (χ1) is 16.5. The Morgan fingerprint density at radius 2 is 1.85 bits per heavy atom. The molecule has 0 aliphatic carbocycles. The Kier molecular flexibility index (Phi) is 6.93. The first-order valence-corrected chi connectivity index (χ1v) is 12.0. The highest BCUT2D eigenvalue weighted by Crippen LogP contribution is 2.32. The minimum atomic E-state index is -1.17. The number of hydrogen-bond acceptors (Lipinski definition) is 6. The zero-order valence-corrected chi connectivity index (χ0v) is 19.9. The van der Waals surface area contributed by atoms with Crippen LogP contribution in [-0.2, 0) is 15.1 Å². The van der Waals surface area contributed by atoms with Gasteiger partial charge in [-0.2, -0.15) is 0 Å². The number of imide groups is 1. The van der Waals surface area contributed by atoms with Crippen LogP contribution < -0.4 is 15.4 Å². The van der Waals surface area contributed by atoms with Gasteiger partial charge in [-0.05, 0) is 42.7 Å². The van der Waals surface area contributed by atoms with Crippen LogP contribution in [0.25, 0.3) is 11.3 Å². The zero-order chi connectivity index (χ0) is 24.1. The van der Waals surface area contributed by atoms with E-state index in [1.165, 1.54) is 11.3 Å². The molecule has 1 aromatic heterocycles. The molecule has 0 saturated carbocycles. The van der Waals surface area contributed by atoms with Crippen LogP contribution in [-0.4, -0.2) is 40.9 Å². The maximum absolute atomic E-state index is 13.2. The fraction of sp³-hybridized carbons (Fsp3) is 0.280. The molecule has 1 atom stereocenters. The summed E-state index contributed by atoms with van der Waals surface area (Å²) >= 11 is 1.27. The van der Waals surface area contributed by atoms with Crippen molar-refractivity contribution in [1.82, 2.24) is 15.2 Å². The van der Waals surface area contributed by atoms with Gasteiger partial charge >= 0.3 is 6.03 Å². The number of anilines is 1. The summed E-state index contributed by atoms with van der Waals surface area (Å²) in [7, 11) is 0. The van der Waals surface area contributed by atoms with Crippen molar-refractivity contribution in [2.75, 3.05) is 18.5 Å². The van der Waals surface area contributed by atoms with E-state index >= 15 is 0 Å². The smallest absolute Gasteiger partial charge is 0.325 e. The Hall–Kier alpha value is -3.72. The molecule has 1 aliphatic rings. The number of rotatable bonds is 9. The monoisotopic (exact) mass is 478 g/mol. The molecule has 2 aromatic carbocycles. The van der Waals surface area contributed by atoms with Crippen molar-refractivity contribution < 1.29 is 19.1 Å². The molecule has 1 saturated heterocycles. The van der Waals surface area contributed by atoms with Crippen LogP contribution in [0.15, 0.2) is 60.0 Å². The van der Waals surface area contributed by atoms with Crippen molar-refractivity contribution in [3.05, 3.63) is 65.5 Å². The van der Waals surface area contributed by atoms with Gasteiger partial charge in [-0.15, -0.1) is 11.3 Å². The summed E-state index contributed by atoms with van der Waals surface area (Å²) in [6.45, 7) is 4.15. The number of nitrogens with one attached hydrogen (secondary N) is 2. The number of hydrogen-bond donors (Lipinski definition) is 2. The van der Waals surface area contributed by atoms with Crippen LogP contribution in [0, 0.1) is 0 Å². The van der Waals surface area contributed by atoms with Crippen LogP contribution in [0.2, 0.25) is 0 Å². The molecule has 8 nitrogen and oxygen atoms in total. The highest BCUT2D eigenvalue weighted by Gasteiger charge is 2.51. The highest BCUT2D eigenvalue weighted by atomic mass is 32.1. The first-order valence-electron chi connectivity index (χ1n) is 11.1. The number of thiazole rings is 1. The number of aromatic nitrogens is 1. The average molecular weight is 479 g/mol. The number of carbonyl (C=O) groups excluding carboxylic acids is 3. The Balaban J connectivity index is 1.41. The van der Waals surface area contributed by atoms with Crippen LogP contribution in [0.4, 0.5) is 9.93 Å². The quantitative estimate of drug-likeness (QED) is 0.444. The summed E-state index contributed by atoms with van der Waals surface area (Å²) in [6.07, 6.45) is 1.31. The number of nitrogens with zero attached hydrogens (tertiary/aromatic N) is 2. The van der Waals surface area contributed by atoms with E-state index in [-0.39, 0.29) is 0 Å². The molecule has 0 bridgehead atoms. The predicted molar refractivity (Wildman–Crippen MR) is 131 cm³/mol. The van der Waals surface area contributed by atoms with Crippen LogP contribution in [0.3, 0.4) is 0 Å². The maximum Gasteiger partial charge on any atom is 0.325 e. The third-order valence-corrected chi connectivity index (χ3v) is 6.41. The van der Waals surface area contributed by atoms with Crippen LogP contribution in [0.1, 0.15) is 32.3 Å². The van der Waals surface area contributed by atoms with Crippen LogP contribution >= 0.6 is 11.3 Å². The van der Waals surface area contributed by atoms with Gasteiger partial charge in [0.25, 0.3) is 5.91 Å². The van der Waals surface area contributed by atoms with Crippen LogP contribution in [0.5, 0.6) is 5.75 Å². The van der Waals surface area contributed by atoms with E-state index in [9.17, 15) is 14.4 Å². The first kappa shape index (κ1) is 23.4. The summed E-state index contributed by atoms with van der Waals surface area (Å²) in [6, 6.07) is 16.1. The largest absolute Gasteiger partial charge is 0.494 e. The predicted octanol–water partition coefficient (Wildman–Crippen LogP) is 4.39. The van der Waals surface area contributed by atoms with Gasteiger partial charge in [0.2, 0.25) is 5.91 Å². The minimum absolute atomic E-state index is 0.373. The average Bonchev–Trinajstić information content (AvgIpc) is 3.42. The molecule has 2 N–H and O–H groups in total. The summed E-state index contributed by atoms with van der Waals surface area (Å²) in [5.74, 6) is -0.138. The number of benzene rings is 2. The minimum Gasteiger partial charge on any atom is -0.494 e. The summed E-state index contributed by atoms with van der Waals surface area (Å²) in [5, 5.41) is 7.70. The molecule has 0 radical (unpaired) electrons. The highest BCUT2D eigenvalue weighted by molar-refractivity contribution is 7.14. The normalized spacial score (nSPS) is 17.5. The lowest BCUT2D eigenvalue weighted by molar-refractivity contribution is -0.134. The molecule has 0 spiro atoms. The molecule has 1 fully saturated rings. The second kappa shape index (κ2) is 10.0. The zero-order valence-electron chi connectivity index (χ0n) is 19.0. The van der Waals surface area contributed by atoms with Crippen molar-refractivity contribution in [3.63, 3.8) is 0 Å². The van der Waals surface area contributed by atoms with E-state index in [1.807, 2.05) is 54.8 Å². The lowest BCUT2D eigenvalue weighted by Gasteiger charge is -2.25. The van der Waals surface area contributed by atoms with Gasteiger partial charge < -0.3 is 15.4 Å². The molecule has 176 valence electrons. The third kappa shape index (κ3) is 4.65. The van der Waals surface area contributed by atoms with E-state index in [4.69, 9.17) is 4.74 Å². The Morgan fingerprint density at radius 3 is 2.53 bits per heavy atom. The Labute approximate surface area is 202 Å². The van der Waals surface area contributed by atoms with Crippen molar-refractivity contribution >= 4 is 34.3 Å². The molecular formula is C25H26N4O4S. The molecule has 4 rings (SSSR count). The Morgan fingerprint density at radius 1 is 1.12 bits per heavy atom. The molecule has 4 amide bonds. The topological polar surface area (TPSA) is 101 Å². The molecule has 34 heavy (non-hydrogen) atoms. The van der Waals surface area contributed by atoms with Gasteiger partial charge in [-0.1, -0.05) is 44.2 Å². The van der Waals surface area contributed by atoms with Gasteiger partial charge in [0, 0.05) is 10.9 Å². The van der Waals surface area contributed by atoms with E-state index in [0.717, 1.165) is 22.6 Å². The molecule has 1 aliphatic heterocycles. The number of ether oxygens (including phenoxy) is 1. The molecular weight excluding hydrogens is 452 g/mol. The summed E-state index contributed by atoms with van der Waals surface area (Å²) in [4.78, 5) is 43.8. The Bertz CT molecular complexity index is 1180. The number of amides is 4. The van der Waals surface area contributed by atoms with E-state index < -0.39 is 29.9 Å². The maximum atomic E-state index is 13.2. The second-order valence-corrected chi connectivity index (χ2v) is 8.76. The van der Waals surface area contributed by atoms with E-state index in [0.29, 0.717) is 29.4 Å². The summed E-state index contributed by atoms with van der Waals surface area (Å²) < 4.78 is 5.60. The third-order valence-electron chi connectivity index (χ3n) is 5.65. The van der Waals surface area contributed by atoms with Gasteiger partial charge in [0.05, 0.1) is 12.3 Å². The molecule has 1 unspecified atom stereocenters. The standard InChI is InChI=1S/C25H26N4O4S/c1-3-14-33-19-12-10-17(11-13-19)20-16-34-23(26-20)27-21(30)15-29-22(31)25(4-2,28-24(29)32)18-8-6-5-7-9-18/h5-13,16H,3-4,14-15H2,1-2H3,(H,28,32)(H,26,27,30). The van der Waals surface area contributed by atoms with E-state index in [1.54, 1.807) is 12.1 Å². The lowest BCUT2D eigenvalue weighted by atomic mass is 9.87. The summed E-state index contributed by atoms with van der Waals surface area (Å²) in [5.41, 5.74) is 1.13. The van der Waals surface area contributed by atoms with Crippen molar-refractivity contribution in [1.29, 1.82) is 0 Å².